The number of carbonyl (C=O) groups excluding carboxylic acids is 2. The van der Waals surface area contributed by atoms with Crippen molar-refractivity contribution in [3.63, 3.8) is 0 Å². The summed E-state index contributed by atoms with van der Waals surface area (Å²) in [7, 11) is 3.38. The average Bonchev–Trinajstić information content (AvgIpc) is 2.47. The maximum absolute atomic E-state index is 12.4. The molecule has 7 nitrogen and oxygen atoms in total. The molecule has 2 aliphatic heterocycles. The van der Waals surface area contributed by atoms with Crippen LogP contribution in [0.2, 0.25) is 0 Å². The van der Waals surface area contributed by atoms with Gasteiger partial charge in [0.25, 0.3) is 0 Å². The summed E-state index contributed by atoms with van der Waals surface area (Å²) in [6.45, 7) is 2.95. The van der Waals surface area contributed by atoms with Gasteiger partial charge in [0, 0.05) is 33.7 Å². The summed E-state index contributed by atoms with van der Waals surface area (Å²) in [5.41, 5.74) is 2.91. The van der Waals surface area contributed by atoms with E-state index in [1.807, 2.05) is 5.01 Å². The van der Waals surface area contributed by atoms with Crippen molar-refractivity contribution >= 4 is 11.9 Å². The van der Waals surface area contributed by atoms with Crippen LogP contribution in [-0.4, -0.2) is 79.7 Å². The fraction of sp³-hybridized carbons (Fsp3) is 0.846. The summed E-state index contributed by atoms with van der Waals surface area (Å²) >= 11 is 0. The van der Waals surface area contributed by atoms with E-state index in [9.17, 15) is 9.59 Å². The Balaban J connectivity index is 1.95. The molecular weight excluding hydrogens is 260 g/mol. The number of nitrogens with one attached hydrogen (secondary N) is 1. The Morgan fingerprint density at radius 3 is 2.50 bits per heavy atom. The smallest absolute Gasteiger partial charge is 0.332 e. The average molecular weight is 284 g/mol. The van der Waals surface area contributed by atoms with Gasteiger partial charge in [0.05, 0.1) is 13.2 Å². The van der Waals surface area contributed by atoms with Crippen LogP contribution >= 0.6 is 0 Å². The van der Waals surface area contributed by atoms with Crippen molar-refractivity contribution in [2.24, 2.45) is 0 Å². The van der Waals surface area contributed by atoms with Crippen molar-refractivity contribution in [3.8, 4) is 0 Å². The number of likely N-dealkylation sites (N-methyl/N-ethyl adjacent to an activating group) is 1. The number of rotatable bonds is 2. The third-order valence-corrected chi connectivity index (χ3v) is 3.72. The van der Waals surface area contributed by atoms with E-state index in [-0.39, 0.29) is 18.5 Å². The molecule has 7 heteroatoms. The largest absolute Gasteiger partial charge is 0.377 e. The molecule has 20 heavy (non-hydrogen) atoms. The summed E-state index contributed by atoms with van der Waals surface area (Å²) in [6.07, 6.45) is 3.42. The number of hydrazine groups is 1. The monoisotopic (exact) mass is 284 g/mol. The summed E-state index contributed by atoms with van der Waals surface area (Å²) in [4.78, 5) is 27.6. The van der Waals surface area contributed by atoms with Crippen molar-refractivity contribution in [2.45, 2.75) is 25.3 Å². The highest BCUT2D eigenvalue weighted by molar-refractivity contribution is 5.87. The van der Waals surface area contributed by atoms with Gasteiger partial charge in [-0.15, -0.1) is 0 Å². The Labute approximate surface area is 119 Å². The summed E-state index contributed by atoms with van der Waals surface area (Å²) in [6, 6.07) is -0.723. The van der Waals surface area contributed by atoms with Gasteiger partial charge in [-0.05, 0) is 12.8 Å². The molecule has 0 spiro atoms. The van der Waals surface area contributed by atoms with Crippen LogP contribution in [0, 0.1) is 0 Å². The molecule has 3 amide bonds. The first-order valence-electron chi connectivity index (χ1n) is 7.20. The third kappa shape index (κ3) is 3.61. The molecule has 0 aliphatic carbocycles. The minimum atomic E-state index is -0.524. The van der Waals surface area contributed by atoms with Crippen LogP contribution < -0.4 is 5.43 Å². The van der Waals surface area contributed by atoms with Gasteiger partial charge in [-0.3, -0.25) is 10.2 Å². The number of nitrogens with zero attached hydrogens (tertiary/aromatic N) is 3. The molecule has 2 rings (SSSR count). The van der Waals surface area contributed by atoms with E-state index in [4.69, 9.17) is 4.74 Å². The number of morpholine rings is 1. The second kappa shape index (κ2) is 6.90. The fourth-order valence-electron chi connectivity index (χ4n) is 2.55. The number of urea groups is 1. The molecule has 0 bridgehead atoms. The Bertz CT molecular complexity index is 356. The predicted molar refractivity (Wildman–Crippen MR) is 74.0 cm³/mol. The first kappa shape index (κ1) is 15.1. The first-order chi connectivity index (χ1) is 9.59. The van der Waals surface area contributed by atoms with Crippen LogP contribution in [0.15, 0.2) is 0 Å². The van der Waals surface area contributed by atoms with E-state index in [0.29, 0.717) is 13.2 Å². The molecule has 114 valence electrons. The summed E-state index contributed by atoms with van der Waals surface area (Å²) in [5.74, 6) is -0.0986. The minimum Gasteiger partial charge on any atom is -0.377 e. The molecule has 2 aliphatic rings. The van der Waals surface area contributed by atoms with Gasteiger partial charge in [-0.25, -0.2) is 9.80 Å². The molecule has 2 fully saturated rings. The van der Waals surface area contributed by atoms with E-state index in [2.05, 4.69) is 5.43 Å². The number of hydrogen-bond donors (Lipinski definition) is 1. The van der Waals surface area contributed by atoms with Gasteiger partial charge in [0.2, 0.25) is 5.91 Å². The van der Waals surface area contributed by atoms with Gasteiger partial charge < -0.3 is 14.5 Å². The van der Waals surface area contributed by atoms with Gasteiger partial charge >= 0.3 is 6.03 Å². The van der Waals surface area contributed by atoms with Crippen LogP contribution in [-0.2, 0) is 9.53 Å². The summed E-state index contributed by atoms with van der Waals surface area (Å²) in [5, 5.41) is 1.94. The quantitative estimate of drug-likeness (QED) is 0.768. The molecule has 0 aromatic heterocycles. The molecule has 0 aromatic rings. The van der Waals surface area contributed by atoms with Crippen molar-refractivity contribution in [1.29, 1.82) is 0 Å². The van der Waals surface area contributed by atoms with Crippen molar-refractivity contribution in [3.05, 3.63) is 0 Å². The molecule has 2 saturated heterocycles. The lowest BCUT2D eigenvalue weighted by molar-refractivity contribution is -0.138. The molecular formula is C13H24N4O3. The van der Waals surface area contributed by atoms with E-state index >= 15 is 0 Å². The van der Waals surface area contributed by atoms with E-state index in [0.717, 1.165) is 25.9 Å². The molecule has 1 N–H and O–H groups in total. The molecule has 2 heterocycles. The number of amides is 3. The topological polar surface area (TPSA) is 65.1 Å². The van der Waals surface area contributed by atoms with E-state index < -0.39 is 6.04 Å². The van der Waals surface area contributed by atoms with E-state index in [1.54, 1.807) is 19.0 Å². The van der Waals surface area contributed by atoms with E-state index in [1.165, 1.54) is 11.3 Å². The Kier molecular flexibility index (Phi) is 5.19. The van der Waals surface area contributed by atoms with Crippen LogP contribution in [0.4, 0.5) is 4.79 Å². The number of ether oxygens (including phenoxy) is 1. The normalized spacial score (nSPS) is 24.3. The first-order valence-corrected chi connectivity index (χ1v) is 7.20. The fourth-order valence-corrected chi connectivity index (χ4v) is 2.55. The maximum atomic E-state index is 12.4. The Hall–Kier alpha value is -1.34. The molecule has 0 radical (unpaired) electrons. The van der Waals surface area contributed by atoms with Crippen LogP contribution in [0.5, 0.6) is 0 Å². The Morgan fingerprint density at radius 1 is 1.15 bits per heavy atom. The second-order valence-corrected chi connectivity index (χ2v) is 5.48. The Morgan fingerprint density at radius 2 is 1.85 bits per heavy atom. The zero-order valence-corrected chi connectivity index (χ0v) is 12.3. The molecule has 0 aromatic carbocycles. The standard InChI is InChI=1S/C13H24N4O3/c1-15(2)12(18)11-10-20-9-8-17(11)13(19)14-16-6-4-3-5-7-16/h11H,3-10H2,1-2H3,(H,14,19). The van der Waals surface area contributed by atoms with Crippen molar-refractivity contribution in [2.75, 3.05) is 46.9 Å². The van der Waals surface area contributed by atoms with Crippen molar-refractivity contribution in [1.82, 2.24) is 20.2 Å². The van der Waals surface area contributed by atoms with Gasteiger partial charge in [-0.2, -0.15) is 0 Å². The number of piperidine rings is 1. The number of hydrogen-bond acceptors (Lipinski definition) is 4. The minimum absolute atomic E-state index is 0.0986. The highest BCUT2D eigenvalue weighted by atomic mass is 16.5. The van der Waals surface area contributed by atoms with Crippen LogP contribution in [0.1, 0.15) is 19.3 Å². The highest BCUT2D eigenvalue weighted by Crippen LogP contribution is 2.11. The van der Waals surface area contributed by atoms with Gasteiger partial charge in [-0.1, -0.05) is 6.42 Å². The van der Waals surface area contributed by atoms with Gasteiger partial charge in [0.15, 0.2) is 0 Å². The zero-order valence-electron chi connectivity index (χ0n) is 12.3. The second-order valence-electron chi connectivity index (χ2n) is 5.48. The SMILES string of the molecule is CN(C)C(=O)C1COCCN1C(=O)NN1CCCCC1. The van der Waals surface area contributed by atoms with Crippen LogP contribution in [0.3, 0.4) is 0 Å². The third-order valence-electron chi connectivity index (χ3n) is 3.72. The van der Waals surface area contributed by atoms with Crippen molar-refractivity contribution < 1.29 is 14.3 Å². The predicted octanol–water partition coefficient (Wildman–Crippen LogP) is -0.114. The highest BCUT2D eigenvalue weighted by Gasteiger charge is 2.34. The summed E-state index contributed by atoms with van der Waals surface area (Å²) < 4.78 is 5.34. The van der Waals surface area contributed by atoms with Gasteiger partial charge in [0.1, 0.15) is 6.04 Å². The lowest BCUT2D eigenvalue weighted by atomic mass is 10.2. The van der Waals surface area contributed by atoms with Crippen LogP contribution in [0.25, 0.3) is 0 Å². The maximum Gasteiger partial charge on any atom is 0.332 e. The lowest BCUT2D eigenvalue weighted by Gasteiger charge is -2.37. The molecule has 1 atom stereocenters. The molecule has 1 unspecified atom stereocenters. The zero-order chi connectivity index (χ0) is 14.5. The molecule has 0 saturated carbocycles. The lowest BCUT2D eigenvalue weighted by Crippen LogP contribution is -2.60. The number of carbonyl (C=O) groups is 2.